The minimum Gasteiger partial charge on any atom is -0.298 e. The lowest BCUT2D eigenvalue weighted by Crippen LogP contribution is -2.51. The maximum atomic E-state index is 12.8. The van der Waals surface area contributed by atoms with E-state index in [9.17, 15) is 8.42 Å². The molecule has 0 amide bonds. The maximum Gasteiger partial charge on any atom is 0.244 e. The number of piperazine rings is 1. The summed E-state index contributed by atoms with van der Waals surface area (Å²) in [6, 6.07) is 7.35. The molecule has 23 heavy (non-hydrogen) atoms. The number of benzene rings is 1. The highest BCUT2D eigenvalue weighted by molar-refractivity contribution is 7.89. The Morgan fingerprint density at radius 1 is 0.913 bits per heavy atom. The number of hydrogen-bond acceptors (Lipinski definition) is 3. The average molecular weight is 357 g/mol. The third-order valence-corrected chi connectivity index (χ3v) is 7.47. The molecule has 0 atom stereocenters. The summed E-state index contributed by atoms with van der Waals surface area (Å²) in [6.45, 7) is 2.77. The maximum absolute atomic E-state index is 12.8. The van der Waals surface area contributed by atoms with Crippen LogP contribution in [-0.4, -0.2) is 49.8 Å². The van der Waals surface area contributed by atoms with Crippen molar-refractivity contribution in [2.24, 2.45) is 0 Å². The van der Waals surface area contributed by atoms with Gasteiger partial charge in [0.15, 0.2) is 0 Å². The van der Waals surface area contributed by atoms with Gasteiger partial charge in [0.1, 0.15) is 4.90 Å². The molecular weight excluding hydrogens is 332 g/mol. The quantitative estimate of drug-likeness (QED) is 0.779. The van der Waals surface area contributed by atoms with Crippen LogP contribution in [0, 0.1) is 0 Å². The Morgan fingerprint density at radius 3 is 2.13 bits per heavy atom. The highest BCUT2D eigenvalue weighted by atomic mass is 35.5. The molecule has 1 saturated heterocycles. The smallest absolute Gasteiger partial charge is 0.244 e. The summed E-state index contributed by atoms with van der Waals surface area (Å²) in [6.07, 6.45) is 7.83. The second kappa shape index (κ2) is 7.51. The van der Waals surface area contributed by atoms with E-state index in [4.69, 9.17) is 11.6 Å². The van der Waals surface area contributed by atoms with Gasteiger partial charge in [0.2, 0.25) is 10.0 Å². The Hall–Kier alpha value is -0.620. The van der Waals surface area contributed by atoms with Crippen LogP contribution in [0.4, 0.5) is 0 Å². The van der Waals surface area contributed by atoms with Gasteiger partial charge in [-0.2, -0.15) is 4.31 Å². The van der Waals surface area contributed by atoms with Crippen molar-refractivity contribution in [1.29, 1.82) is 0 Å². The summed E-state index contributed by atoms with van der Waals surface area (Å²) in [4.78, 5) is 2.72. The van der Waals surface area contributed by atoms with Crippen molar-refractivity contribution >= 4 is 21.6 Å². The molecule has 0 N–H and O–H groups in total. The molecule has 6 heteroatoms. The predicted molar refractivity (Wildman–Crippen MR) is 93.3 cm³/mol. The van der Waals surface area contributed by atoms with E-state index in [0.717, 1.165) is 13.1 Å². The van der Waals surface area contributed by atoms with Gasteiger partial charge in [0.05, 0.1) is 5.02 Å². The third-order valence-electron chi connectivity index (χ3n) is 5.07. The molecule has 1 aliphatic carbocycles. The normalized spacial score (nSPS) is 22.8. The van der Waals surface area contributed by atoms with Crippen LogP contribution in [0.25, 0.3) is 0 Å². The largest absolute Gasteiger partial charge is 0.298 e. The van der Waals surface area contributed by atoms with E-state index in [0.29, 0.717) is 24.2 Å². The minimum absolute atomic E-state index is 0.226. The van der Waals surface area contributed by atoms with E-state index in [1.807, 2.05) is 0 Å². The lowest BCUT2D eigenvalue weighted by Gasteiger charge is -2.38. The van der Waals surface area contributed by atoms with Crippen LogP contribution in [0.3, 0.4) is 0 Å². The van der Waals surface area contributed by atoms with Crippen LogP contribution in [0.2, 0.25) is 5.02 Å². The summed E-state index contributed by atoms with van der Waals surface area (Å²) in [5.41, 5.74) is 0. The fourth-order valence-electron chi connectivity index (χ4n) is 3.73. The Morgan fingerprint density at radius 2 is 1.52 bits per heavy atom. The Labute approximate surface area is 144 Å². The number of hydrogen-bond donors (Lipinski definition) is 0. The zero-order chi connectivity index (χ0) is 16.3. The lowest BCUT2D eigenvalue weighted by molar-refractivity contribution is 0.126. The molecule has 1 aliphatic heterocycles. The van der Waals surface area contributed by atoms with Gasteiger partial charge in [-0.25, -0.2) is 8.42 Å². The molecule has 3 rings (SSSR count). The molecule has 1 aromatic rings. The molecule has 2 fully saturated rings. The van der Waals surface area contributed by atoms with Crippen molar-refractivity contribution in [1.82, 2.24) is 9.21 Å². The van der Waals surface area contributed by atoms with Crippen molar-refractivity contribution in [3.63, 3.8) is 0 Å². The number of rotatable bonds is 3. The van der Waals surface area contributed by atoms with E-state index in [2.05, 4.69) is 4.90 Å². The van der Waals surface area contributed by atoms with Gasteiger partial charge in [-0.05, 0) is 25.0 Å². The summed E-state index contributed by atoms with van der Waals surface area (Å²) < 4.78 is 27.1. The molecule has 1 aromatic carbocycles. The van der Waals surface area contributed by atoms with Gasteiger partial charge in [0, 0.05) is 32.2 Å². The van der Waals surface area contributed by atoms with Crippen molar-refractivity contribution < 1.29 is 8.42 Å². The lowest BCUT2D eigenvalue weighted by atomic mass is 10.1. The highest BCUT2D eigenvalue weighted by Gasteiger charge is 2.32. The van der Waals surface area contributed by atoms with E-state index in [1.165, 1.54) is 38.5 Å². The standard InChI is InChI=1S/C17H25ClN2O2S/c18-16-9-5-6-10-17(16)23(21,22)20-13-11-19(12-14-20)15-7-3-1-2-4-8-15/h5-6,9-10,15H,1-4,7-8,11-14H2. The Kier molecular flexibility index (Phi) is 5.62. The van der Waals surface area contributed by atoms with Gasteiger partial charge >= 0.3 is 0 Å². The summed E-state index contributed by atoms with van der Waals surface area (Å²) >= 11 is 6.08. The number of nitrogens with zero attached hydrogens (tertiary/aromatic N) is 2. The third kappa shape index (κ3) is 3.90. The molecule has 0 spiro atoms. The van der Waals surface area contributed by atoms with E-state index in [-0.39, 0.29) is 4.90 Å². The van der Waals surface area contributed by atoms with Gasteiger partial charge < -0.3 is 0 Å². The van der Waals surface area contributed by atoms with Crippen molar-refractivity contribution in [2.75, 3.05) is 26.2 Å². The van der Waals surface area contributed by atoms with Gasteiger partial charge in [-0.1, -0.05) is 49.4 Å². The molecular formula is C17H25ClN2O2S. The van der Waals surface area contributed by atoms with Crippen LogP contribution in [0.15, 0.2) is 29.2 Å². The Balaban J connectivity index is 1.65. The van der Waals surface area contributed by atoms with E-state index < -0.39 is 10.0 Å². The van der Waals surface area contributed by atoms with Gasteiger partial charge in [0.25, 0.3) is 0 Å². The van der Waals surface area contributed by atoms with Crippen molar-refractivity contribution in [3.05, 3.63) is 29.3 Å². The molecule has 0 aromatic heterocycles. The van der Waals surface area contributed by atoms with Crippen LogP contribution in [-0.2, 0) is 10.0 Å². The minimum atomic E-state index is -3.48. The first-order chi connectivity index (χ1) is 11.1. The fourth-order valence-corrected chi connectivity index (χ4v) is 5.64. The molecule has 0 radical (unpaired) electrons. The topological polar surface area (TPSA) is 40.6 Å². The van der Waals surface area contributed by atoms with Crippen LogP contribution in [0.1, 0.15) is 38.5 Å². The van der Waals surface area contributed by atoms with Crippen LogP contribution >= 0.6 is 11.6 Å². The highest BCUT2D eigenvalue weighted by Crippen LogP contribution is 2.27. The molecule has 0 bridgehead atoms. The average Bonchev–Trinajstić information content (AvgIpc) is 2.84. The zero-order valence-electron chi connectivity index (χ0n) is 13.5. The second-order valence-electron chi connectivity index (χ2n) is 6.52. The fraction of sp³-hybridized carbons (Fsp3) is 0.647. The molecule has 1 heterocycles. The van der Waals surface area contributed by atoms with E-state index in [1.54, 1.807) is 28.6 Å². The van der Waals surface area contributed by atoms with Crippen LogP contribution in [0.5, 0.6) is 0 Å². The Bertz CT molecular complexity index is 619. The zero-order valence-corrected chi connectivity index (χ0v) is 15.0. The van der Waals surface area contributed by atoms with Crippen molar-refractivity contribution in [2.45, 2.75) is 49.5 Å². The summed E-state index contributed by atoms with van der Waals surface area (Å²) in [7, 11) is -3.48. The molecule has 0 unspecified atom stereocenters. The molecule has 4 nitrogen and oxygen atoms in total. The predicted octanol–water partition coefficient (Wildman–Crippen LogP) is 3.37. The van der Waals surface area contributed by atoms with Gasteiger partial charge in [-0.3, -0.25) is 4.90 Å². The monoisotopic (exact) mass is 356 g/mol. The second-order valence-corrected chi connectivity index (χ2v) is 8.83. The summed E-state index contributed by atoms with van der Waals surface area (Å²) in [5, 5.41) is 0.304. The first-order valence-corrected chi connectivity index (χ1v) is 10.4. The summed E-state index contributed by atoms with van der Waals surface area (Å²) in [5.74, 6) is 0. The number of sulfonamides is 1. The first-order valence-electron chi connectivity index (χ1n) is 8.58. The van der Waals surface area contributed by atoms with Crippen molar-refractivity contribution in [3.8, 4) is 0 Å². The first kappa shape index (κ1) is 17.2. The van der Waals surface area contributed by atoms with E-state index >= 15 is 0 Å². The van der Waals surface area contributed by atoms with Gasteiger partial charge in [-0.15, -0.1) is 0 Å². The molecule has 1 saturated carbocycles. The number of halogens is 1. The molecule has 2 aliphatic rings. The SMILES string of the molecule is O=S(=O)(c1ccccc1Cl)N1CCN(C2CCCCCC2)CC1. The molecule has 128 valence electrons. The van der Waals surface area contributed by atoms with Crippen LogP contribution < -0.4 is 0 Å².